The van der Waals surface area contributed by atoms with Gasteiger partial charge in [-0.05, 0) is 48.7 Å². The maximum atomic E-state index is 2.34. The molecule has 3 saturated carbocycles. The van der Waals surface area contributed by atoms with Gasteiger partial charge < -0.3 is 9.80 Å². The zero-order valence-electron chi connectivity index (χ0n) is 11.0. The number of hydrogen-bond donors (Lipinski definition) is 0. The Labute approximate surface area is 99.6 Å². The van der Waals surface area contributed by atoms with Crippen molar-refractivity contribution < 1.29 is 0 Å². The van der Waals surface area contributed by atoms with Crippen LogP contribution in [-0.4, -0.2) is 38.0 Å². The Morgan fingerprint density at radius 2 is 1.06 bits per heavy atom. The van der Waals surface area contributed by atoms with Crippen LogP contribution in [-0.2, 0) is 0 Å². The van der Waals surface area contributed by atoms with E-state index in [1.54, 1.807) is 11.1 Å². The number of allylic oxidation sites excluding steroid dienone is 2. The van der Waals surface area contributed by atoms with Gasteiger partial charge in [-0.3, -0.25) is 0 Å². The summed E-state index contributed by atoms with van der Waals surface area (Å²) in [6, 6.07) is 0. The van der Waals surface area contributed by atoms with Gasteiger partial charge in [-0.2, -0.15) is 0 Å². The van der Waals surface area contributed by atoms with E-state index >= 15 is 0 Å². The van der Waals surface area contributed by atoms with Crippen LogP contribution in [0, 0.1) is 11.8 Å². The Bertz CT molecular complexity index is 273. The highest BCUT2D eigenvalue weighted by Gasteiger charge is 2.35. The lowest BCUT2D eigenvalue weighted by Gasteiger charge is -2.41. The Morgan fingerprint density at radius 3 is 1.31 bits per heavy atom. The largest absolute Gasteiger partial charge is 0.383 e. The van der Waals surface area contributed by atoms with Crippen LogP contribution in [0.4, 0.5) is 0 Å². The van der Waals surface area contributed by atoms with Gasteiger partial charge in [0.1, 0.15) is 0 Å². The normalized spacial score (nSPS) is 33.5. The maximum Gasteiger partial charge on any atom is 0.00557 e. The first kappa shape index (κ1) is 11.6. The monoisotopic (exact) mass is 220 g/mol. The Balaban J connectivity index is 2.31. The zero-order chi connectivity index (χ0) is 11.7. The number of nitrogens with zero attached hydrogens (tertiary/aromatic N) is 2. The minimum Gasteiger partial charge on any atom is -0.383 e. The lowest BCUT2D eigenvalue weighted by Crippen LogP contribution is -2.29. The molecule has 0 aromatic rings. The summed E-state index contributed by atoms with van der Waals surface area (Å²) in [6.45, 7) is 0. The molecule has 2 heteroatoms. The quantitative estimate of drug-likeness (QED) is 0.706. The van der Waals surface area contributed by atoms with Crippen molar-refractivity contribution in [3.8, 4) is 0 Å². The number of fused-ring (bicyclic) bond motifs is 3. The van der Waals surface area contributed by atoms with Gasteiger partial charge in [-0.25, -0.2) is 0 Å². The second-order valence-corrected chi connectivity index (χ2v) is 5.64. The molecule has 0 N–H and O–H groups in total. The Kier molecular flexibility index (Phi) is 3.27. The molecular weight excluding hydrogens is 196 g/mol. The van der Waals surface area contributed by atoms with Crippen LogP contribution < -0.4 is 0 Å². The summed E-state index contributed by atoms with van der Waals surface area (Å²) in [5.74, 6) is 1.64. The van der Waals surface area contributed by atoms with Gasteiger partial charge in [0.25, 0.3) is 0 Å². The molecule has 0 aromatic heterocycles. The van der Waals surface area contributed by atoms with Gasteiger partial charge in [0.05, 0.1) is 0 Å². The molecule has 0 saturated heterocycles. The first-order valence-corrected chi connectivity index (χ1v) is 6.34. The molecule has 3 aliphatic rings. The molecule has 0 atom stereocenters. The molecule has 2 nitrogen and oxygen atoms in total. The van der Waals surface area contributed by atoms with E-state index in [0.29, 0.717) is 0 Å². The molecule has 3 aliphatic carbocycles. The molecule has 3 fully saturated rings. The predicted molar refractivity (Wildman–Crippen MR) is 69.0 cm³/mol. The van der Waals surface area contributed by atoms with E-state index in [1.807, 2.05) is 0 Å². The van der Waals surface area contributed by atoms with Crippen molar-refractivity contribution in [3.05, 3.63) is 23.5 Å². The average Bonchev–Trinajstić information content (AvgIpc) is 2.22. The van der Waals surface area contributed by atoms with E-state index in [-0.39, 0.29) is 0 Å². The second kappa shape index (κ2) is 4.52. The van der Waals surface area contributed by atoms with Gasteiger partial charge >= 0.3 is 0 Å². The highest BCUT2D eigenvalue weighted by atomic mass is 15.0. The molecule has 0 aliphatic heterocycles. The van der Waals surface area contributed by atoms with E-state index in [1.165, 1.54) is 25.7 Å². The van der Waals surface area contributed by atoms with Crippen LogP contribution in [0.3, 0.4) is 0 Å². The van der Waals surface area contributed by atoms with Crippen LogP contribution in [0.5, 0.6) is 0 Å². The minimum absolute atomic E-state index is 0.818. The first-order valence-electron chi connectivity index (χ1n) is 6.34. The summed E-state index contributed by atoms with van der Waals surface area (Å²) in [4.78, 5) is 4.39. The maximum absolute atomic E-state index is 2.34. The SMILES string of the molecule is CN(C)/C=C1/C(=C/N(C)C)C2CCC1CC2. The fraction of sp³-hybridized carbons (Fsp3) is 0.714. The molecule has 90 valence electrons. The van der Waals surface area contributed by atoms with Crippen LogP contribution in [0.15, 0.2) is 23.5 Å². The molecule has 0 heterocycles. The van der Waals surface area contributed by atoms with Crippen molar-refractivity contribution >= 4 is 0 Å². The van der Waals surface area contributed by atoms with E-state index in [9.17, 15) is 0 Å². The van der Waals surface area contributed by atoms with Crippen LogP contribution >= 0.6 is 0 Å². The molecule has 0 unspecified atom stereocenters. The minimum atomic E-state index is 0.818. The van der Waals surface area contributed by atoms with Crippen molar-refractivity contribution in [2.75, 3.05) is 28.2 Å². The highest BCUT2D eigenvalue weighted by Crippen LogP contribution is 2.48. The fourth-order valence-corrected chi connectivity index (χ4v) is 3.10. The second-order valence-electron chi connectivity index (χ2n) is 5.64. The van der Waals surface area contributed by atoms with Crippen LogP contribution in [0.2, 0.25) is 0 Å². The summed E-state index contributed by atoms with van der Waals surface area (Å²) in [7, 11) is 8.51. The van der Waals surface area contributed by atoms with E-state index in [4.69, 9.17) is 0 Å². The van der Waals surface area contributed by atoms with Gasteiger partial charge in [0.15, 0.2) is 0 Å². The van der Waals surface area contributed by atoms with E-state index in [2.05, 4.69) is 50.4 Å². The molecule has 16 heavy (non-hydrogen) atoms. The fourth-order valence-electron chi connectivity index (χ4n) is 3.10. The molecule has 0 radical (unpaired) electrons. The van der Waals surface area contributed by atoms with Crippen LogP contribution in [0.25, 0.3) is 0 Å². The molecule has 3 rings (SSSR count). The third kappa shape index (κ3) is 2.26. The molecule has 0 amide bonds. The van der Waals surface area contributed by atoms with Gasteiger partial charge in [-0.15, -0.1) is 0 Å². The van der Waals surface area contributed by atoms with Crippen molar-refractivity contribution in [1.29, 1.82) is 0 Å². The summed E-state index contributed by atoms with van der Waals surface area (Å²) in [6.07, 6.45) is 10.3. The third-order valence-corrected chi connectivity index (χ3v) is 3.73. The first-order chi connectivity index (χ1) is 7.58. The van der Waals surface area contributed by atoms with E-state index in [0.717, 1.165) is 11.8 Å². The molecule has 2 bridgehead atoms. The molecular formula is C14H24N2. The van der Waals surface area contributed by atoms with Gasteiger partial charge in [0.2, 0.25) is 0 Å². The van der Waals surface area contributed by atoms with Crippen molar-refractivity contribution in [3.63, 3.8) is 0 Å². The van der Waals surface area contributed by atoms with Crippen molar-refractivity contribution in [2.45, 2.75) is 25.7 Å². The molecule has 0 aromatic carbocycles. The van der Waals surface area contributed by atoms with Crippen molar-refractivity contribution in [2.24, 2.45) is 11.8 Å². The standard InChI is InChI=1S/C14H24N2/c1-15(2)9-13-11-5-7-12(8-6-11)14(13)10-16(3)4/h9-12H,5-8H2,1-4H3/b13-9+,14-10+. The Morgan fingerprint density at radius 1 is 0.750 bits per heavy atom. The van der Waals surface area contributed by atoms with E-state index < -0.39 is 0 Å². The number of rotatable bonds is 2. The van der Waals surface area contributed by atoms with Crippen molar-refractivity contribution in [1.82, 2.24) is 9.80 Å². The smallest absolute Gasteiger partial charge is 0.00557 e. The van der Waals surface area contributed by atoms with Gasteiger partial charge in [-0.1, -0.05) is 0 Å². The summed E-state index contributed by atoms with van der Waals surface area (Å²) in [5.41, 5.74) is 3.20. The lowest BCUT2D eigenvalue weighted by atomic mass is 9.65. The molecule has 0 spiro atoms. The van der Waals surface area contributed by atoms with Crippen LogP contribution in [0.1, 0.15) is 25.7 Å². The average molecular weight is 220 g/mol. The predicted octanol–water partition coefficient (Wildman–Crippen LogP) is 2.70. The highest BCUT2D eigenvalue weighted by molar-refractivity contribution is 5.38. The summed E-state index contributed by atoms with van der Waals surface area (Å²) >= 11 is 0. The topological polar surface area (TPSA) is 6.48 Å². The summed E-state index contributed by atoms with van der Waals surface area (Å²) < 4.78 is 0. The number of hydrogen-bond acceptors (Lipinski definition) is 2. The zero-order valence-corrected chi connectivity index (χ0v) is 11.0. The Hall–Kier alpha value is -0.920. The summed E-state index contributed by atoms with van der Waals surface area (Å²) in [5, 5.41) is 0. The van der Waals surface area contributed by atoms with Gasteiger partial charge in [0, 0.05) is 40.6 Å². The third-order valence-electron chi connectivity index (χ3n) is 3.73. The lowest BCUT2D eigenvalue weighted by molar-refractivity contribution is 0.285.